The fourth-order valence-electron chi connectivity index (χ4n) is 2.33. The number of amides is 3. The molecule has 1 saturated heterocycles. The van der Waals surface area contributed by atoms with Gasteiger partial charge in [0.1, 0.15) is 4.88 Å². The number of piperazine rings is 1. The number of urea groups is 1. The molecule has 116 valence electrons. The van der Waals surface area contributed by atoms with Crippen molar-refractivity contribution >= 4 is 23.3 Å². The van der Waals surface area contributed by atoms with E-state index in [1.165, 1.54) is 11.3 Å². The number of hydrogen-bond donors (Lipinski definition) is 1. The lowest BCUT2D eigenvalue weighted by molar-refractivity contribution is 0.0669. The van der Waals surface area contributed by atoms with Crippen LogP contribution in [0.3, 0.4) is 0 Å². The average Bonchev–Trinajstić information content (AvgIpc) is 2.83. The maximum Gasteiger partial charge on any atom is 0.317 e. The maximum atomic E-state index is 12.5. The molecule has 2 rings (SSSR count). The number of carbonyl (C=O) groups is 2. The summed E-state index contributed by atoms with van der Waals surface area (Å²) in [4.78, 5) is 32.9. The van der Waals surface area contributed by atoms with Crippen LogP contribution in [-0.2, 0) is 0 Å². The second kappa shape index (κ2) is 6.89. The van der Waals surface area contributed by atoms with Gasteiger partial charge in [-0.2, -0.15) is 0 Å². The Hall–Kier alpha value is -1.63. The van der Waals surface area contributed by atoms with E-state index in [0.717, 1.165) is 22.0 Å². The molecule has 21 heavy (non-hydrogen) atoms. The van der Waals surface area contributed by atoms with Crippen LogP contribution in [-0.4, -0.2) is 59.4 Å². The van der Waals surface area contributed by atoms with Gasteiger partial charge in [0.05, 0.1) is 10.7 Å². The molecule has 0 atom stereocenters. The number of nitrogens with zero attached hydrogens (tertiary/aromatic N) is 3. The molecule has 0 aliphatic carbocycles. The van der Waals surface area contributed by atoms with Crippen molar-refractivity contribution < 1.29 is 9.59 Å². The summed E-state index contributed by atoms with van der Waals surface area (Å²) in [5.74, 6) is 0.0340. The Balaban J connectivity index is 1.90. The Morgan fingerprint density at radius 3 is 2.33 bits per heavy atom. The summed E-state index contributed by atoms with van der Waals surface area (Å²) in [5, 5.41) is 3.78. The van der Waals surface area contributed by atoms with Crippen molar-refractivity contribution in [2.45, 2.75) is 27.2 Å². The molecule has 0 bridgehead atoms. The zero-order valence-corrected chi connectivity index (χ0v) is 13.6. The largest absolute Gasteiger partial charge is 0.338 e. The first-order chi connectivity index (χ1) is 10.0. The van der Waals surface area contributed by atoms with E-state index in [1.54, 1.807) is 4.90 Å². The highest BCUT2D eigenvalue weighted by Gasteiger charge is 2.26. The molecular weight excluding hydrogens is 288 g/mol. The van der Waals surface area contributed by atoms with Crippen molar-refractivity contribution in [1.82, 2.24) is 20.1 Å². The molecule has 0 saturated carbocycles. The number of hydrogen-bond acceptors (Lipinski definition) is 4. The Morgan fingerprint density at radius 1 is 1.19 bits per heavy atom. The molecule has 0 spiro atoms. The van der Waals surface area contributed by atoms with Crippen LogP contribution >= 0.6 is 11.3 Å². The summed E-state index contributed by atoms with van der Waals surface area (Å²) in [5.41, 5.74) is 0.797. The number of nitrogens with one attached hydrogen (secondary N) is 1. The lowest BCUT2D eigenvalue weighted by Crippen LogP contribution is -2.53. The van der Waals surface area contributed by atoms with Gasteiger partial charge in [-0.15, -0.1) is 11.3 Å². The Bertz CT molecular complexity index is 521. The van der Waals surface area contributed by atoms with Gasteiger partial charge in [-0.25, -0.2) is 9.78 Å². The third-order valence-electron chi connectivity index (χ3n) is 3.48. The fraction of sp³-hybridized carbons (Fsp3) is 0.643. The molecule has 2 heterocycles. The predicted molar refractivity (Wildman–Crippen MR) is 82.8 cm³/mol. The van der Waals surface area contributed by atoms with Gasteiger partial charge < -0.3 is 15.1 Å². The van der Waals surface area contributed by atoms with Crippen molar-refractivity contribution in [2.24, 2.45) is 0 Å². The molecule has 1 aliphatic heterocycles. The third kappa shape index (κ3) is 3.72. The highest BCUT2D eigenvalue weighted by Crippen LogP contribution is 2.20. The SMILES string of the molecule is CCCNC(=O)N1CCN(C(=O)c2sc(C)nc2C)CC1. The van der Waals surface area contributed by atoms with Crippen LogP contribution in [0.5, 0.6) is 0 Å². The third-order valence-corrected chi connectivity index (χ3v) is 4.54. The molecule has 1 N–H and O–H groups in total. The minimum atomic E-state index is -0.0336. The second-order valence-corrected chi connectivity index (χ2v) is 6.36. The van der Waals surface area contributed by atoms with Crippen LogP contribution in [0.15, 0.2) is 0 Å². The van der Waals surface area contributed by atoms with E-state index in [0.29, 0.717) is 32.7 Å². The predicted octanol–water partition coefficient (Wildman–Crippen LogP) is 1.64. The zero-order chi connectivity index (χ0) is 15.4. The highest BCUT2D eigenvalue weighted by molar-refractivity contribution is 7.13. The van der Waals surface area contributed by atoms with Gasteiger partial charge in [-0.05, 0) is 20.3 Å². The van der Waals surface area contributed by atoms with Crippen molar-refractivity contribution in [3.05, 3.63) is 15.6 Å². The Morgan fingerprint density at radius 2 is 1.81 bits per heavy atom. The quantitative estimate of drug-likeness (QED) is 0.923. The molecule has 3 amide bonds. The molecular formula is C14H22N4O2S. The second-order valence-electron chi connectivity index (χ2n) is 5.16. The first-order valence-electron chi connectivity index (χ1n) is 7.29. The molecule has 6 nitrogen and oxygen atoms in total. The first kappa shape index (κ1) is 15.8. The van der Waals surface area contributed by atoms with E-state index >= 15 is 0 Å². The average molecular weight is 310 g/mol. The molecule has 7 heteroatoms. The van der Waals surface area contributed by atoms with Gasteiger partial charge in [-0.3, -0.25) is 4.79 Å². The van der Waals surface area contributed by atoms with Crippen LogP contribution in [0.2, 0.25) is 0 Å². The fourth-order valence-corrected chi connectivity index (χ4v) is 3.22. The van der Waals surface area contributed by atoms with Crippen molar-refractivity contribution in [3.63, 3.8) is 0 Å². The monoisotopic (exact) mass is 310 g/mol. The van der Waals surface area contributed by atoms with Crippen molar-refractivity contribution in [2.75, 3.05) is 32.7 Å². The standard InChI is InChI=1S/C14H22N4O2S/c1-4-5-15-14(20)18-8-6-17(7-9-18)13(19)12-10(2)16-11(3)21-12/h4-9H2,1-3H3,(H,15,20). The minimum Gasteiger partial charge on any atom is -0.338 e. The summed E-state index contributed by atoms with van der Waals surface area (Å²) in [6, 6.07) is -0.0336. The van der Waals surface area contributed by atoms with Crippen LogP contribution in [0.1, 0.15) is 33.7 Å². The number of aryl methyl sites for hydroxylation is 2. The number of rotatable bonds is 3. The minimum absolute atomic E-state index is 0.0336. The summed E-state index contributed by atoms with van der Waals surface area (Å²) in [6.45, 7) is 8.81. The van der Waals surface area contributed by atoms with Crippen molar-refractivity contribution in [3.8, 4) is 0 Å². The molecule has 1 fully saturated rings. The van der Waals surface area contributed by atoms with E-state index < -0.39 is 0 Å². The lowest BCUT2D eigenvalue weighted by Gasteiger charge is -2.34. The summed E-state index contributed by atoms with van der Waals surface area (Å²) < 4.78 is 0. The molecule has 1 aromatic rings. The van der Waals surface area contributed by atoms with Gasteiger partial charge >= 0.3 is 6.03 Å². The lowest BCUT2D eigenvalue weighted by atomic mass is 10.3. The first-order valence-corrected chi connectivity index (χ1v) is 8.10. The molecule has 1 aromatic heterocycles. The van der Waals surface area contributed by atoms with Gasteiger partial charge in [0.2, 0.25) is 0 Å². The summed E-state index contributed by atoms with van der Waals surface area (Å²) >= 11 is 1.44. The Labute approximate surface area is 129 Å². The zero-order valence-electron chi connectivity index (χ0n) is 12.8. The van der Waals surface area contributed by atoms with Gasteiger partial charge in [0.15, 0.2) is 0 Å². The topological polar surface area (TPSA) is 65.5 Å². The van der Waals surface area contributed by atoms with E-state index in [4.69, 9.17) is 0 Å². The molecule has 0 unspecified atom stereocenters. The normalized spacial score (nSPS) is 15.2. The number of aromatic nitrogens is 1. The number of thiazole rings is 1. The van der Waals surface area contributed by atoms with E-state index in [2.05, 4.69) is 10.3 Å². The van der Waals surface area contributed by atoms with Gasteiger partial charge in [0.25, 0.3) is 5.91 Å². The molecule has 1 aliphatic rings. The molecule has 0 radical (unpaired) electrons. The van der Waals surface area contributed by atoms with E-state index in [9.17, 15) is 9.59 Å². The smallest absolute Gasteiger partial charge is 0.317 e. The van der Waals surface area contributed by atoms with Crippen LogP contribution in [0.4, 0.5) is 4.79 Å². The van der Waals surface area contributed by atoms with Crippen molar-refractivity contribution in [1.29, 1.82) is 0 Å². The van der Waals surface area contributed by atoms with Crippen LogP contribution in [0.25, 0.3) is 0 Å². The highest BCUT2D eigenvalue weighted by atomic mass is 32.1. The van der Waals surface area contributed by atoms with Gasteiger partial charge in [0, 0.05) is 32.7 Å². The molecule has 0 aromatic carbocycles. The summed E-state index contributed by atoms with van der Waals surface area (Å²) in [6.07, 6.45) is 0.925. The van der Waals surface area contributed by atoms with E-state index in [-0.39, 0.29) is 11.9 Å². The maximum absolute atomic E-state index is 12.5. The van der Waals surface area contributed by atoms with Crippen LogP contribution < -0.4 is 5.32 Å². The Kier molecular flexibility index (Phi) is 5.17. The van der Waals surface area contributed by atoms with Gasteiger partial charge in [-0.1, -0.05) is 6.92 Å². The number of carbonyl (C=O) groups excluding carboxylic acids is 2. The van der Waals surface area contributed by atoms with E-state index in [1.807, 2.05) is 25.7 Å². The summed E-state index contributed by atoms with van der Waals surface area (Å²) in [7, 11) is 0. The van der Waals surface area contributed by atoms with Crippen LogP contribution in [0, 0.1) is 13.8 Å².